The van der Waals surface area contributed by atoms with Gasteiger partial charge in [0.1, 0.15) is 12.4 Å². The molecule has 1 unspecified atom stereocenters. The molecule has 20 heavy (non-hydrogen) atoms. The monoisotopic (exact) mass is 391 g/mol. The smallest absolute Gasteiger partial charge is 0.252 e. The average Bonchev–Trinajstić information content (AvgIpc) is 3.07. The normalized spacial score (nSPS) is 18.4. The van der Waals surface area contributed by atoms with E-state index in [0.29, 0.717) is 25.6 Å². The molecular weight excluding hydrogens is 373 g/mol. The van der Waals surface area contributed by atoms with Crippen molar-refractivity contribution in [2.75, 3.05) is 19.7 Å². The number of rotatable bonds is 5. The average molecular weight is 391 g/mol. The highest BCUT2D eigenvalue weighted by Gasteiger charge is 2.14. The fraction of sp³-hybridized carbons (Fsp3) is 0.636. The van der Waals surface area contributed by atoms with Gasteiger partial charge in [0.15, 0.2) is 5.96 Å². The van der Waals surface area contributed by atoms with Crippen LogP contribution < -0.4 is 11.1 Å². The standard InChI is InChI=1S/C11H17N7O.HI/c12-6-10-16-8-18(17-10)4-3-14-11(13)15-7-9-2-1-5-19-9;/h8-9H,1-5,7H2,(H3,13,14,15);1H. The molecule has 8 nitrogen and oxygen atoms in total. The summed E-state index contributed by atoms with van der Waals surface area (Å²) in [5.41, 5.74) is 5.73. The fourth-order valence-corrected chi connectivity index (χ4v) is 1.80. The van der Waals surface area contributed by atoms with Gasteiger partial charge in [0.05, 0.1) is 19.2 Å². The van der Waals surface area contributed by atoms with E-state index in [-0.39, 0.29) is 35.9 Å². The van der Waals surface area contributed by atoms with E-state index in [1.807, 2.05) is 6.07 Å². The zero-order valence-electron chi connectivity index (χ0n) is 11.0. The summed E-state index contributed by atoms with van der Waals surface area (Å²) in [5.74, 6) is 0.566. The topological polar surface area (TPSA) is 114 Å². The lowest BCUT2D eigenvalue weighted by Gasteiger charge is -2.08. The fourth-order valence-electron chi connectivity index (χ4n) is 1.80. The molecular formula is C11H18IN7O. The van der Waals surface area contributed by atoms with Gasteiger partial charge in [-0.15, -0.1) is 29.1 Å². The van der Waals surface area contributed by atoms with Crippen molar-refractivity contribution in [1.82, 2.24) is 20.1 Å². The molecule has 1 aliphatic rings. The van der Waals surface area contributed by atoms with Gasteiger partial charge < -0.3 is 15.8 Å². The number of nitrogens with zero attached hydrogens (tertiary/aromatic N) is 5. The molecule has 1 fully saturated rings. The summed E-state index contributed by atoms with van der Waals surface area (Å²) >= 11 is 0. The van der Waals surface area contributed by atoms with Crippen LogP contribution in [0.5, 0.6) is 0 Å². The van der Waals surface area contributed by atoms with E-state index >= 15 is 0 Å². The van der Waals surface area contributed by atoms with Gasteiger partial charge in [-0.2, -0.15) is 5.26 Å². The molecule has 0 spiro atoms. The minimum absolute atomic E-state index is 0. The first-order chi connectivity index (χ1) is 9.28. The highest BCUT2D eigenvalue weighted by atomic mass is 127. The van der Waals surface area contributed by atoms with Gasteiger partial charge in [-0.05, 0) is 12.8 Å². The molecule has 0 radical (unpaired) electrons. The van der Waals surface area contributed by atoms with Crippen molar-refractivity contribution in [3.05, 3.63) is 12.2 Å². The molecule has 0 aromatic carbocycles. The molecule has 0 amide bonds. The minimum atomic E-state index is 0. The van der Waals surface area contributed by atoms with Crippen molar-refractivity contribution in [1.29, 1.82) is 5.26 Å². The number of nitriles is 1. The van der Waals surface area contributed by atoms with Gasteiger partial charge >= 0.3 is 0 Å². The van der Waals surface area contributed by atoms with Crippen LogP contribution in [0.4, 0.5) is 0 Å². The maximum Gasteiger partial charge on any atom is 0.252 e. The lowest BCUT2D eigenvalue weighted by molar-refractivity contribution is 0.118. The number of ether oxygens (including phenoxy) is 1. The van der Waals surface area contributed by atoms with Crippen LogP contribution in [0.1, 0.15) is 18.7 Å². The first-order valence-electron chi connectivity index (χ1n) is 6.23. The number of guanidine groups is 1. The lowest BCUT2D eigenvalue weighted by Crippen LogP contribution is -2.35. The Morgan fingerprint density at radius 2 is 2.55 bits per heavy atom. The molecule has 0 bridgehead atoms. The van der Waals surface area contributed by atoms with Crippen LogP contribution in [0.3, 0.4) is 0 Å². The number of halogens is 1. The highest BCUT2D eigenvalue weighted by Crippen LogP contribution is 2.11. The van der Waals surface area contributed by atoms with E-state index in [0.717, 1.165) is 19.4 Å². The van der Waals surface area contributed by atoms with Gasteiger partial charge in [-0.25, -0.2) is 9.67 Å². The van der Waals surface area contributed by atoms with E-state index in [1.165, 1.54) is 6.33 Å². The Kier molecular flexibility index (Phi) is 7.24. The Hall–Kier alpha value is -1.41. The van der Waals surface area contributed by atoms with E-state index in [4.69, 9.17) is 15.7 Å². The SMILES string of the molecule is I.N#Cc1ncn(CCNC(N)=NCC2CCCO2)n1. The number of aromatic nitrogens is 3. The molecule has 0 saturated carbocycles. The maximum atomic E-state index is 8.58. The van der Waals surface area contributed by atoms with Gasteiger partial charge in [-0.3, -0.25) is 4.99 Å². The molecule has 0 aliphatic carbocycles. The molecule has 110 valence electrons. The quantitative estimate of drug-likeness (QED) is 0.410. The van der Waals surface area contributed by atoms with Gasteiger partial charge in [0, 0.05) is 13.2 Å². The third-order valence-electron chi connectivity index (χ3n) is 2.77. The lowest BCUT2D eigenvalue weighted by atomic mass is 10.2. The number of hydrogen-bond donors (Lipinski definition) is 2. The zero-order valence-corrected chi connectivity index (χ0v) is 13.4. The van der Waals surface area contributed by atoms with Gasteiger partial charge in [-0.1, -0.05) is 0 Å². The van der Waals surface area contributed by atoms with Crippen molar-refractivity contribution in [2.24, 2.45) is 10.7 Å². The first kappa shape index (κ1) is 16.6. The summed E-state index contributed by atoms with van der Waals surface area (Å²) in [4.78, 5) is 8.03. The number of hydrogen-bond acceptors (Lipinski definition) is 5. The molecule has 9 heteroatoms. The number of nitrogens with one attached hydrogen (secondary N) is 1. The molecule has 3 N–H and O–H groups in total. The van der Waals surface area contributed by atoms with Crippen LogP contribution >= 0.6 is 24.0 Å². The molecule has 1 atom stereocenters. The first-order valence-corrected chi connectivity index (χ1v) is 6.23. The molecule has 1 saturated heterocycles. The molecule has 1 aromatic heterocycles. The predicted octanol–water partition coefficient (Wildman–Crippen LogP) is -0.149. The van der Waals surface area contributed by atoms with Crippen LogP contribution in [-0.2, 0) is 11.3 Å². The second kappa shape index (κ2) is 8.70. The largest absolute Gasteiger partial charge is 0.376 e. The second-order valence-corrected chi connectivity index (χ2v) is 4.23. The Morgan fingerprint density at radius 1 is 1.70 bits per heavy atom. The van der Waals surface area contributed by atoms with Crippen LogP contribution in [0.25, 0.3) is 0 Å². The summed E-state index contributed by atoms with van der Waals surface area (Å²) in [7, 11) is 0. The Morgan fingerprint density at radius 3 is 3.20 bits per heavy atom. The van der Waals surface area contributed by atoms with E-state index in [1.54, 1.807) is 4.68 Å². The summed E-state index contributed by atoms with van der Waals surface area (Å²) in [6.45, 7) is 2.57. The summed E-state index contributed by atoms with van der Waals surface area (Å²) in [6.07, 6.45) is 3.86. The third kappa shape index (κ3) is 5.30. The second-order valence-electron chi connectivity index (χ2n) is 4.23. The van der Waals surface area contributed by atoms with Crippen LogP contribution in [-0.4, -0.2) is 46.5 Å². The van der Waals surface area contributed by atoms with Crippen molar-refractivity contribution in [3.8, 4) is 6.07 Å². The number of aliphatic imine (C=N–C) groups is 1. The third-order valence-corrected chi connectivity index (χ3v) is 2.77. The highest BCUT2D eigenvalue weighted by molar-refractivity contribution is 14.0. The molecule has 1 aliphatic heterocycles. The van der Waals surface area contributed by atoms with E-state index in [9.17, 15) is 0 Å². The van der Waals surface area contributed by atoms with Crippen LogP contribution in [0, 0.1) is 11.3 Å². The van der Waals surface area contributed by atoms with Crippen molar-refractivity contribution in [3.63, 3.8) is 0 Å². The van der Waals surface area contributed by atoms with Crippen LogP contribution in [0.15, 0.2) is 11.3 Å². The Bertz CT molecular complexity index is 475. The van der Waals surface area contributed by atoms with Crippen molar-refractivity contribution >= 4 is 29.9 Å². The molecule has 2 rings (SSSR count). The van der Waals surface area contributed by atoms with Crippen molar-refractivity contribution < 1.29 is 4.74 Å². The number of nitrogens with two attached hydrogens (primary N) is 1. The molecule has 1 aromatic rings. The van der Waals surface area contributed by atoms with Gasteiger partial charge in [0.2, 0.25) is 0 Å². The Balaban J connectivity index is 0.00000200. The van der Waals surface area contributed by atoms with Crippen molar-refractivity contribution in [2.45, 2.75) is 25.5 Å². The maximum absolute atomic E-state index is 8.58. The Labute approximate surface area is 134 Å². The van der Waals surface area contributed by atoms with E-state index < -0.39 is 0 Å². The minimum Gasteiger partial charge on any atom is -0.376 e. The van der Waals surface area contributed by atoms with Crippen LogP contribution in [0.2, 0.25) is 0 Å². The van der Waals surface area contributed by atoms with E-state index in [2.05, 4.69) is 20.4 Å². The van der Waals surface area contributed by atoms with Gasteiger partial charge in [0.25, 0.3) is 5.82 Å². The summed E-state index contributed by atoms with van der Waals surface area (Å²) in [6, 6.07) is 1.87. The zero-order chi connectivity index (χ0) is 13.5. The molecule has 2 heterocycles. The summed E-state index contributed by atoms with van der Waals surface area (Å²) in [5, 5.41) is 15.5. The summed E-state index contributed by atoms with van der Waals surface area (Å²) < 4.78 is 7.03. The predicted molar refractivity (Wildman–Crippen MR) is 83.6 cm³/mol.